The maximum atomic E-state index is 13.2. The SMILES string of the molecule is COc1ccccc1[C@H]1CN(C(=O)CCn2cncn2)[C@@H]2C3CCN(CC3)[C@H]12. The van der Waals surface area contributed by atoms with Crippen LogP contribution in [0.25, 0.3) is 0 Å². The zero-order valence-corrected chi connectivity index (χ0v) is 16.3. The Morgan fingerprint density at radius 1 is 1.21 bits per heavy atom. The largest absolute Gasteiger partial charge is 0.496 e. The van der Waals surface area contributed by atoms with Crippen molar-refractivity contribution in [1.82, 2.24) is 24.6 Å². The van der Waals surface area contributed by atoms with Crippen LogP contribution in [0.4, 0.5) is 0 Å². The molecule has 7 heteroatoms. The first-order chi connectivity index (χ1) is 13.8. The van der Waals surface area contributed by atoms with Crippen LogP contribution in [0.2, 0.25) is 0 Å². The number of piperidine rings is 3. The third kappa shape index (κ3) is 2.89. The third-order valence-corrected chi connectivity index (χ3v) is 6.87. The number of aromatic nitrogens is 3. The Kier molecular flexibility index (Phi) is 4.55. The molecule has 7 nitrogen and oxygen atoms in total. The summed E-state index contributed by atoms with van der Waals surface area (Å²) >= 11 is 0. The molecule has 0 spiro atoms. The number of fused-ring (bicyclic) bond motifs is 2. The molecule has 4 fully saturated rings. The molecule has 1 aromatic heterocycles. The Morgan fingerprint density at radius 3 is 2.79 bits per heavy atom. The van der Waals surface area contributed by atoms with E-state index < -0.39 is 0 Å². The van der Waals surface area contributed by atoms with Crippen molar-refractivity contribution in [2.75, 3.05) is 26.7 Å². The Hall–Kier alpha value is -2.41. The van der Waals surface area contributed by atoms with E-state index in [1.54, 1.807) is 18.1 Å². The minimum Gasteiger partial charge on any atom is -0.496 e. The molecule has 6 rings (SSSR count). The molecule has 4 aliphatic rings. The summed E-state index contributed by atoms with van der Waals surface area (Å²) in [4.78, 5) is 22.0. The van der Waals surface area contributed by atoms with Crippen molar-refractivity contribution in [3.63, 3.8) is 0 Å². The van der Waals surface area contributed by atoms with Gasteiger partial charge < -0.3 is 9.64 Å². The maximum Gasteiger partial charge on any atom is 0.224 e. The van der Waals surface area contributed by atoms with Crippen LogP contribution in [-0.4, -0.2) is 69.3 Å². The molecule has 1 amide bonds. The Morgan fingerprint density at radius 2 is 2.04 bits per heavy atom. The fourth-order valence-corrected chi connectivity index (χ4v) is 5.65. The number of carbonyl (C=O) groups excluding carboxylic acids is 1. The van der Waals surface area contributed by atoms with E-state index in [1.807, 2.05) is 12.1 Å². The third-order valence-electron chi connectivity index (χ3n) is 6.87. The number of aryl methyl sites for hydroxylation is 1. The van der Waals surface area contributed by atoms with Gasteiger partial charge in [-0.25, -0.2) is 4.98 Å². The lowest BCUT2D eigenvalue weighted by atomic mass is 9.75. The van der Waals surface area contributed by atoms with Crippen LogP contribution in [0, 0.1) is 5.92 Å². The van der Waals surface area contributed by atoms with Gasteiger partial charge in [0.05, 0.1) is 19.7 Å². The molecule has 0 saturated carbocycles. The minimum atomic E-state index is 0.233. The Labute approximate surface area is 165 Å². The normalized spacial score (nSPS) is 31.0. The highest BCUT2D eigenvalue weighted by atomic mass is 16.5. The molecule has 28 heavy (non-hydrogen) atoms. The van der Waals surface area contributed by atoms with Crippen LogP contribution in [-0.2, 0) is 11.3 Å². The Balaban J connectivity index is 1.43. The zero-order valence-electron chi connectivity index (χ0n) is 16.3. The van der Waals surface area contributed by atoms with Crippen molar-refractivity contribution in [3.8, 4) is 5.75 Å². The van der Waals surface area contributed by atoms with Crippen molar-refractivity contribution in [3.05, 3.63) is 42.5 Å². The van der Waals surface area contributed by atoms with Gasteiger partial charge in [-0.15, -0.1) is 0 Å². The molecule has 3 atom stereocenters. The second-order valence-electron chi connectivity index (χ2n) is 8.16. The van der Waals surface area contributed by atoms with Gasteiger partial charge in [-0.3, -0.25) is 14.4 Å². The van der Waals surface area contributed by atoms with E-state index in [0.717, 1.165) is 25.4 Å². The van der Waals surface area contributed by atoms with Crippen molar-refractivity contribution < 1.29 is 9.53 Å². The van der Waals surface area contributed by atoms with E-state index in [9.17, 15) is 4.79 Å². The molecule has 0 unspecified atom stereocenters. The summed E-state index contributed by atoms with van der Waals surface area (Å²) in [6.45, 7) is 3.66. The lowest BCUT2D eigenvalue weighted by Crippen LogP contribution is -2.60. The average Bonchev–Trinajstić information content (AvgIpc) is 3.42. The van der Waals surface area contributed by atoms with Crippen LogP contribution in [0.1, 0.15) is 30.7 Å². The van der Waals surface area contributed by atoms with Crippen molar-refractivity contribution in [2.45, 2.75) is 43.8 Å². The number of carbonyl (C=O) groups is 1. The lowest BCUT2D eigenvalue weighted by molar-refractivity contribution is -0.136. The zero-order chi connectivity index (χ0) is 19.1. The molecule has 0 radical (unpaired) electrons. The maximum absolute atomic E-state index is 13.2. The number of ether oxygens (including phenoxy) is 1. The van der Waals surface area contributed by atoms with Gasteiger partial charge in [0.15, 0.2) is 0 Å². The van der Waals surface area contributed by atoms with Gasteiger partial charge in [0.25, 0.3) is 0 Å². The highest BCUT2D eigenvalue weighted by molar-refractivity contribution is 5.77. The molecule has 4 saturated heterocycles. The molecule has 2 aromatic rings. The van der Waals surface area contributed by atoms with Gasteiger partial charge in [-0.2, -0.15) is 5.10 Å². The topological polar surface area (TPSA) is 63.5 Å². The fourth-order valence-electron chi connectivity index (χ4n) is 5.65. The second kappa shape index (κ2) is 7.20. The van der Waals surface area contributed by atoms with E-state index in [2.05, 4.69) is 32.0 Å². The van der Waals surface area contributed by atoms with Gasteiger partial charge in [-0.1, -0.05) is 18.2 Å². The first-order valence-electron chi connectivity index (χ1n) is 10.2. The summed E-state index contributed by atoms with van der Waals surface area (Å²) < 4.78 is 7.41. The van der Waals surface area contributed by atoms with E-state index in [0.29, 0.717) is 36.9 Å². The lowest BCUT2D eigenvalue weighted by Gasteiger charge is -2.51. The first-order valence-corrected chi connectivity index (χ1v) is 10.2. The molecule has 148 valence electrons. The standard InChI is InChI=1S/C21H27N5O2/c1-28-18-5-3-2-4-16(18)17-12-26(19(27)8-11-25-14-22-13-23-25)20-15-6-9-24(10-7-15)21(17)20/h2-5,13-15,17,20-21H,6-12H2,1H3/t17-,20-,21-/m1/s1. The second-order valence-corrected chi connectivity index (χ2v) is 8.16. The quantitative estimate of drug-likeness (QED) is 0.790. The smallest absolute Gasteiger partial charge is 0.224 e. The van der Waals surface area contributed by atoms with E-state index in [4.69, 9.17) is 4.74 Å². The predicted octanol–water partition coefficient (Wildman–Crippen LogP) is 1.77. The average molecular weight is 381 g/mol. The van der Waals surface area contributed by atoms with Gasteiger partial charge in [0.2, 0.25) is 5.91 Å². The van der Waals surface area contributed by atoms with Crippen molar-refractivity contribution >= 4 is 5.91 Å². The summed E-state index contributed by atoms with van der Waals surface area (Å²) in [5.41, 5.74) is 1.24. The summed E-state index contributed by atoms with van der Waals surface area (Å²) in [7, 11) is 1.74. The summed E-state index contributed by atoms with van der Waals surface area (Å²) in [6.07, 6.45) is 6.06. The van der Waals surface area contributed by atoms with E-state index >= 15 is 0 Å². The van der Waals surface area contributed by atoms with Crippen LogP contribution in [0.5, 0.6) is 5.75 Å². The molecule has 0 aliphatic carbocycles. The van der Waals surface area contributed by atoms with Gasteiger partial charge in [-0.05, 0) is 37.9 Å². The summed E-state index contributed by atoms with van der Waals surface area (Å²) in [5.74, 6) is 2.09. The number of para-hydroxylation sites is 1. The van der Waals surface area contributed by atoms with Crippen molar-refractivity contribution in [2.24, 2.45) is 5.92 Å². The van der Waals surface area contributed by atoms with Gasteiger partial charge in [0.1, 0.15) is 18.4 Å². The minimum absolute atomic E-state index is 0.233. The van der Waals surface area contributed by atoms with E-state index in [1.165, 1.54) is 24.7 Å². The summed E-state index contributed by atoms with van der Waals surface area (Å²) in [6, 6.07) is 9.03. The monoisotopic (exact) mass is 381 g/mol. The number of hydrogen-bond donors (Lipinski definition) is 0. The predicted molar refractivity (Wildman–Crippen MR) is 104 cm³/mol. The number of amides is 1. The number of hydrogen-bond acceptors (Lipinski definition) is 5. The molecular weight excluding hydrogens is 354 g/mol. The van der Waals surface area contributed by atoms with E-state index in [-0.39, 0.29) is 5.91 Å². The molecule has 5 heterocycles. The highest BCUT2D eigenvalue weighted by Crippen LogP contribution is 2.48. The van der Waals surface area contributed by atoms with Crippen LogP contribution >= 0.6 is 0 Å². The molecule has 4 aliphatic heterocycles. The van der Waals surface area contributed by atoms with Gasteiger partial charge >= 0.3 is 0 Å². The number of rotatable bonds is 5. The molecule has 0 N–H and O–H groups in total. The fraction of sp³-hybridized carbons (Fsp3) is 0.571. The van der Waals surface area contributed by atoms with Crippen molar-refractivity contribution in [1.29, 1.82) is 0 Å². The number of methoxy groups -OCH3 is 1. The van der Waals surface area contributed by atoms with Gasteiger partial charge in [0, 0.05) is 30.5 Å². The highest BCUT2D eigenvalue weighted by Gasteiger charge is 2.54. The number of likely N-dealkylation sites (tertiary alicyclic amines) is 1. The first kappa shape index (κ1) is 17.7. The number of nitrogens with zero attached hydrogens (tertiary/aromatic N) is 5. The van der Waals surface area contributed by atoms with Crippen LogP contribution < -0.4 is 4.74 Å². The summed E-state index contributed by atoms with van der Waals surface area (Å²) in [5, 5.41) is 4.13. The molecule has 1 aromatic carbocycles. The number of benzene rings is 1. The molecule has 2 bridgehead atoms. The van der Waals surface area contributed by atoms with Crippen LogP contribution in [0.15, 0.2) is 36.9 Å². The Bertz CT molecular complexity index is 831. The molecular formula is C21H27N5O2. The van der Waals surface area contributed by atoms with Crippen LogP contribution in [0.3, 0.4) is 0 Å².